The minimum atomic E-state index is 0.306. The molecule has 0 amide bonds. The molecular formula is C13H27N3. The second-order valence-electron chi connectivity index (χ2n) is 5.77. The molecular weight excluding hydrogens is 198 g/mol. The molecule has 0 aliphatic carbocycles. The Morgan fingerprint density at radius 2 is 2.00 bits per heavy atom. The Balaban J connectivity index is 2.10. The average molecular weight is 225 g/mol. The van der Waals surface area contributed by atoms with Crippen molar-refractivity contribution in [2.75, 3.05) is 33.2 Å². The highest BCUT2D eigenvalue weighted by Gasteiger charge is 2.40. The Morgan fingerprint density at radius 1 is 1.19 bits per heavy atom. The van der Waals surface area contributed by atoms with E-state index >= 15 is 0 Å². The Kier molecular flexibility index (Phi) is 3.88. The first kappa shape index (κ1) is 12.3. The molecule has 0 aromatic rings. The molecule has 0 bridgehead atoms. The van der Waals surface area contributed by atoms with Crippen LogP contribution in [0.1, 0.15) is 39.0 Å². The summed E-state index contributed by atoms with van der Waals surface area (Å²) in [6, 6.07) is 0.743. The lowest BCUT2D eigenvalue weighted by Crippen LogP contribution is -2.55. The van der Waals surface area contributed by atoms with Crippen LogP contribution in [0.3, 0.4) is 0 Å². The largest absolute Gasteiger partial charge is 0.329 e. The zero-order valence-electron chi connectivity index (χ0n) is 10.9. The van der Waals surface area contributed by atoms with Crippen molar-refractivity contribution in [1.29, 1.82) is 0 Å². The van der Waals surface area contributed by atoms with Gasteiger partial charge in [-0.1, -0.05) is 0 Å². The summed E-state index contributed by atoms with van der Waals surface area (Å²) in [5.74, 6) is 0. The van der Waals surface area contributed by atoms with E-state index in [1.807, 2.05) is 0 Å². The molecule has 0 saturated carbocycles. The fourth-order valence-corrected chi connectivity index (χ4v) is 3.56. The maximum atomic E-state index is 6.13. The van der Waals surface area contributed by atoms with Crippen LogP contribution >= 0.6 is 0 Å². The van der Waals surface area contributed by atoms with Gasteiger partial charge in [-0.25, -0.2) is 0 Å². The third-order valence-electron chi connectivity index (χ3n) is 4.68. The molecule has 3 heteroatoms. The molecule has 0 aromatic carbocycles. The van der Waals surface area contributed by atoms with Crippen molar-refractivity contribution in [2.24, 2.45) is 5.73 Å². The first-order chi connectivity index (χ1) is 7.68. The Morgan fingerprint density at radius 3 is 2.62 bits per heavy atom. The van der Waals surface area contributed by atoms with E-state index < -0.39 is 0 Å². The van der Waals surface area contributed by atoms with E-state index in [0.29, 0.717) is 5.54 Å². The summed E-state index contributed by atoms with van der Waals surface area (Å²) in [6.07, 6.45) is 6.57. The minimum absolute atomic E-state index is 0.306. The van der Waals surface area contributed by atoms with Gasteiger partial charge in [0.25, 0.3) is 0 Å². The number of nitrogens with zero attached hydrogens (tertiary/aromatic N) is 2. The van der Waals surface area contributed by atoms with E-state index in [9.17, 15) is 0 Å². The Labute approximate surface area is 100.0 Å². The SMILES string of the molecule is CC1CCCN1C1(CN)CCCN(C)CC1. The van der Waals surface area contributed by atoms with Crippen LogP contribution in [0.25, 0.3) is 0 Å². The number of hydrogen-bond acceptors (Lipinski definition) is 3. The van der Waals surface area contributed by atoms with Crippen molar-refractivity contribution in [3.8, 4) is 0 Å². The quantitative estimate of drug-likeness (QED) is 0.768. The first-order valence-corrected chi connectivity index (χ1v) is 6.83. The van der Waals surface area contributed by atoms with Crippen molar-refractivity contribution < 1.29 is 0 Å². The van der Waals surface area contributed by atoms with E-state index in [4.69, 9.17) is 5.73 Å². The Bertz CT molecular complexity index is 231. The predicted octanol–water partition coefficient (Wildman–Crippen LogP) is 1.28. The van der Waals surface area contributed by atoms with Crippen LogP contribution in [0.5, 0.6) is 0 Å². The van der Waals surface area contributed by atoms with Gasteiger partial charge in [-0.3, -0.25) is 4.90 Å². The molecule has 3 nitrogen and oxygen atoms in total. The van der Waals surface area contributed by atoms with E-state index in [-0.39, 0.29) is 0 Å². The summed E-state index contributed by atoms with van der Waals surface area (Å²) in [7, 11) is 2.24. The second kappa shape index (κ2) is 5.03. The number of hydrogen-bond donors (Lipinski definition) is 1. The smallest absolute Gasteiger partial charge is 0.0347 e. The van der Waals surface area contributed by atoms with Gasteiger partial charge in [-0.05, 0) is 65.7 Å². The first-order valence-electron chi connectivity index (χ1n) is 6.83. The highest BCUT2D eigenvalue weighted by atomic mass is 15.3. The van der Waals surface area contributed by atoms with Gasteiger partial charge in [0.15, 0.2) is 0 Å². The van der Waals surface area contributed by atoms with Crippen molar-refractivity contribution in [2.45, 2.75) is 50.6 Å². The fraction of sp³-hybridized carbons (Fsp3) is 1.00. The van der Waals surface area contributed by atoms with E-state index in [2.05, 4.69) is 23.8 Å². The minimum Gasteiger partial charge on any atom is -0.329 e. The predicted molar refractivity (Wildman–Crippen MR) is 68.5 cm³/mol. The van der Waals surface area contributed by atoms with Crippen LogP contribution in [0.4, 0.5) is 0 Å². The summed E-state index contributed by atoms with van der Waals surface area (Å²) in [5.41, 5.74) is 6.44. The van der Waals surface area contributed by atoms with E-state index in [1.165, 1.54) is 51.7 Å². The molecule has 94 valence electrons. The van der Waals surface area contributed by atoms with Crippen LogP contribution in [0.2, 0.25) is 0 Å². The fourth-order valence-electron chi connectivity index (χ4n) is 3.56. The third-order valence-corrected chi connectivity index (χ3v) is 4.68. The van der Waals surface area contributed by atoms with Crippen LogP contribution in [0.15, 0.2) is 0 Å². The normalized spacial score (nSPS) is 38.8. The van der Waals surface area contributed by atoms with Crippen LogP contribution < -0.4 is 5.73 Å². The van der Waals surface area contributed by atoms with Gasteiger partial charge in [-0.15, -0.1) is 0 Å². The summed E-state index contributed by atoms with van der Waals surface area (Å²) >= 11 is 0. The lowest BCUT2D eigenvalue weighted by atomic mass is 9.88. The van der Waals surface area contributed by atoms with Crippen LogP contribution in [0, 0.1) is 0 Å². The van der Waals surface area contributed by atoms with Crippen LogP contribution in [-0.4, -0.2) is 54.6 Å². The molecule has 2 aliphatic rings. The maximum absolute atomic E-state index is 6.13. The van der Waals surface area contributed by atoms with Gasteiger partial charge in [0, 0.05) is 18.1 Å². The highest BCUT2D eigenvalue weighted by Crippen LogP contribution is 2.34. The molecule has 0 aromatic heterocycles. The summed E-state index contributed by atoms with van der Waals surface area (Å²) < 4.78 is 0. The molecule has 2 heterocycles. The maximum Gasteiger partial charge on any atom is 0.0347 e. The van der Waals surface area contributed by atoms with Crippen molar-refractivity contribution in [1.82, 2.24) is 9.80 Å². The Hall–Kier alpha value is -0.120. The van der Waals surface area contributed by atoms with Crippen LogP contribution in [-0.2, 0) is 0 Å². The van der Waals surface area contributed by atoms with Crippen molar-refractivity contribution in [3.05, 3.63) is 0 Å². The molecule has 2 aliphatic heterocycles. The monoisotopic (exact) mass is 225 g/mol. The lowest BCUT2D eigenvalue weighted by Gasteiger charge is -2.43. The van der Waals surface area contributed by atoms with E-state index in [0.717, 1.165) is 12.6 Å². The van der Waals surface area contributed by atoms with Gasteiger partial charge in [0.05, 0.1) is 0 Å². The van der Waals surface area contributed by atoms with Gasteiger partial charge in [0.2, 0.25) is 0 Å². The van der Waals surface area contributed by atoms with Gasteiger partial charge in [0.1, 0.15) is 0 Å². The van der Waals surface area contributed by atoms with Gasteiger partial charge in [-0.2, -0.15) is 0 Å². The summed E-state index contributed by atoms with van der Waals surface area (Å²) in [4.78, 5) is 5.17. The third kappa shape index (κ3) is 2.27. The number of likely N-dealkylation sites (tertiary alicyclic amines) is 2. The number of rotatable bonds is 2. The zero-order chi connectivity index (χ0) is 11.6. The molecule has 0 spiro atoms. The molecule has 0 radical (unpaired) electrons. The molecule has 2 fully saturated rings. The van der Waals surface area contributed by atoms with E-state index in [1.54, 1.807) is 0 Å². The molecule has 2 atom stereocenters. The zero-order valence-corrected chi connectivity index (χ0v) is 10.9. The molecule has 2 N–H and O–H groups in total. The van der Waals surface area contributed by atoms with Crippen molar-refractivity contribution >= 4 is 0 Å². The molecule has 2 rings (SSSR count). The second-order valence-corrected chi connectivity index (χ2v) is 5.77. The molecule has 16 heavy (non-hydrogen) atoms. The van der Waals surface area contributed by atoms with Gasteiger partial charge < -0.3 is 10.6 Å². The van der Waals surface area contributed by atoms with Crippen molar-refractivity contribution in [3.63, 3.8) is 0 Å². The molecule has 2 unspecified atom stereocenters. The average Bonchev–Trinajstić information content (AvgIpc) is 2.61. The highest BCUT2D eigenvalue weighted by molar-refractivity contribution is 4.98. The lowest BCUT2D eigenvalue weighted by molar-refractivity contribution is 0.0725. The summed E-state index contributed by atoms with van der Waals surface area (Å²) in [6.45, 7) is 6.93. The molecule has 2 saturated heterocycles. The number of nitrogens with two attached hydrogens (primary N) is 1. The summed E-state index contributed by atoms with van der Waals surface area (Å²) in [5, 5.41) is 0. The standard InChI is InChI=1S/C13H27N3/c1-12-5-3-9-16(12)13(11-14)6-4-8-15(2)10-7-13/h12H,3-11,14H2,1-2H3. The van der Waals surface area contributed by atoms with Gasteiger partial charge >= 0.3 is 0 Å². The topological polar surface area (TPSA) is 32.5 Å².